The summed E-state index contributed by atoms with van der Waals surface area (Å²) in [5, 5.41) is 7.70. The number of aromatic nitrogens is 2. The zero-order chi connectivity index (χ0) is 22.5. The summed E-state index contributed by atoms with van der Waals surface area (Å²) in [6.07, 6.45) is 7.47. The van der Waals surface area contributed by atoms with Crippen LogP contribution in [0.1, 0.15) is 0 Å². The lowest BCUT2D eigenvalue weighted by molar-refractivity contribution is 1.33. The van der Waals surface area contributed by atoms with E-state index in [1.807, 2.05) is 24.8 Å². The van der Waals surface area contributed by atoms with Gasteiger partial charge in [-0.15, -0.1) is 0 Å². The second-order valence-electron chi connectivity index (χ2n) is 8.71. The Balaban J connectivity index is 1.62. The largest absolute Gasteiger partial charge is 0.265 e. The fourth-order valence-electron chi connectivity index (χ4n) is 5.25. The van der Waals surface area contributed by atoms with E-state index in [0.29, 0.717) is 0 Å². The van der Waals surface area contributed by atoms with Gasteiger partial charge in [0, 0.05) is 24.8 Å². The summed E-state index contributed by atoms with van der Waals surface area (Å²) in [6, 6.07) is 35.1. The molecule has 34 heavy (non-hydrogen) atoms. The molecule has 2 heterocycles. The van der Waals surface area contributed by atoms with Gasteiger partial charge in [0.05, 0.1) is 0 Å². The monoisotopic (exact) mass is 432 g/mol. The van der Waals surface area contributed by atoms with Gasteiger partial charge in [0.2, 0.25) is 0 Å². The summed E-state index contributed by atoms with van der Waals surface area (Å²) in [7, 11) is 0. The van der Waals surface area contributed by atoms with Crippen molar-refractivity contribution in [2.24, 2.45) is 0 Å². The summed E-state index contributed by atoms with van der Waals surface area (Å²) in [6.45, 7) is 0. The van der Waals surface area contributed by atoms with Crippen LogP contribution >= 0.6 is 0 Å². The summed E-state index contributed by atoms with van der Waals surface area (Å²) in [5.41, 5.74) is 7.28. The smallest absolute Gasteiger partial charge is 0.0273 e. The minimum atomic E-state index is 1.17. The molecule has 158 valence electrons. The van der Waals surface area contributed by atoms with Crippen molar-refractivity contribution in [3.8, 4) is 33.4 Å². The highest BCUT2D eigenvalue weighted by molar-refractivity contribution is 6.28. The van der Waals surface area contributed by atoms with E-state index in [1.165, 1.54) is 65.7 Å². The fraction of sp³-hybridized carbons (Fsp3) is 0. The van der Waals surface area contributed by atoms with Crippen LogP contribution in [-0.2, 0) is 0 Å². The van der Waals surface area contributed by atoms with Crippen LogP contribution in [0, 0.1) is 0 Å². The average Bonchev–Trinajstić information content (AvgIpc) is 2.92. The van der Waals surface area contributed by atoms with Gasteiger partial charge in [-0.3, -0.25) is 9.97 Å². The van der Waals surface area contributed by atoms with Crippen LogP contribution in [0.15, 0.2) is 122 Å². The van der Waals surface area contributed by atoms with Crippen molar-refractivity contribution in [1.29, 1.82) is 0 Å². The van der Waals surface area contributed by atoms with Crippen molar-refractivity contribution in [2.45, 2.75) is 0 Å². The number of pyridine rings is 2. The number of nitrogens with zero attached hydrogens (tertiary/aromatic N) is 2. The van der Waals surface area contributed by atoms with Crippen molar-refractivity contribution < 1.29 is 0 Å². The Morgan fingerprint density at radius 1 is 0.382 bits per heavy atom. The summed E-state index contributed by atoms with van der Waals surface area (Å²) < 4.78 is 0. The topological polar surface area (TPSA) is 25.8 Å². The lowest BCUT2D eigenvalue weighted by Gasteiger charge is -2.18. The Hall–Kier alpha value is -4.56. The predicted octanol–water partition coefficient (Wildman–Crippen LogP) is 8.38. The maximum Gasteiger partial charge on any atom is 0.0273 e. The molecule has 0 amide bonds. The molecule has 0 bridgehead atoms. The standard InChI is InChI=1S/C32H20N2/c1-2-4-21(5-3-1)26-18-24-6-8-27-29(22-10-14-33-15-11-22)20-30(23-12-16-34-17-13-23)28-9-7-25(19-26)31(24)32(27)28/h1-20H. The first-order chi connectivity index (χ1) is 16.9. The van der Waals surface area contributed by atoms with Crippen molar-refractivity contribution >= 4 is 32.3 Å². The van der Waals surface area contributed by atoms with E-state index in [9.17, 15) is 0 Å². The van der Waals surface area contributed by atoms with Crippen molar-refractivity contribution in [2.75, 3.05) is 0 Å². The quantitative estimate of drug-likeness (QED) is 0.262. The lowest BCUT2D eigenvalue weighted by Crippen LogP contribution is -1.92. The molecule has 0 saturated heterocycles. The van der Waals surface area contributed by atoms with Gasteiger partial charge in [0.25, 0.3) is 0 Å². The molecule has 7 aromatic rings. The highest BCUT2D eigenvalue weighted by Crippen LogP contribution is 2.44. The third kappa shape index (κ3) is 2.89. The first kappa shape index (κ1) is 19.0. The molecule has 0 radical (unpaired) electrons. The van der Waals surface area contributed by atoms with Gasteiger partial charge in [-0.2, -0.15) is 0 Å². The Bertz CT molecular complexity index is 1670. The zero-order valence-electron chi connectivity index (χ0n) is 18.4. The second-order valence-corrected chi connectivity index (χ2v) is 8.71. The molecule has 2 aromatic heterocycles. The van der Waals surface area contributed by atoms with Crippen LogP contribution in [0.5, 0.6) is 0 Å². The summed E-state index contributed by atoms with van der Waals surface area (Å²) in [5.74, 6) is 0. The molecule has 0 unspecified atom stereocenters. The van der Waals surface area contributed by atoms with Crippen LogP contribution in [-0.4, -0.2) is 9.97 Å². The number of rotatable bonds is 3. The van der Waals surface area contributed by atoms with Gasteiger partial charge in [0.15, 0.2) is 0 Å². The molecular weight excluding hydrogens is 412 g/mol. The fourth-order valence-corrected chi connectivity index (χ4v) is 5.25. The third-order valence-corrected chi connectivity index (χ3v) is 6.81. The Kier molecular flexibility index (Phi) is 4.18. The van der Waals surface area contributed by atoms with Crippen LogP contribution in [0.3, 0.4) is 0 Å². The van der Waals surface area contributed by atoms with Gasteiger partial charge in [-0.25, -0.2) is 0 Å². The summed E-state index contributed by atoms with van der Waals surface area (Å²) in [4.78, 5) is 8.49. The van der Waals surface area contributed by atoms with E-state index < -0.39 is 0 Å². The predicted molar refractivity (Wildman–Crippen MR) is 142 cm³/mol. The van der Waals surface area contributed by atoms with Gasteiger partial charge >= 0.3 is 0 Å². The van der Waals surface area contributed by atoms with E-state index >= 15 is 0 Å². The highest BCUT2D eigenvalue weighted by Gasteiger charge is 2.17. The average molecular weight is 433 g/mol. The Labute approximate surface area is 197 Å². The van der Waals surface area contributed by atoms with E-state index in [4.69, 9.17) is 0 Å². The molecule has 0 aliphatic carbocycles. The second kappa shape index (κ2) is 7.50. The molecule has 2 nitrogen and oxygen atoms in total. The maximum absolute atomic E-state index is 4.24. The Morgan fingerprint density at radius 3 is 1.44 bits per heavy atom. The number of benzene rings is 5. The molecule has 0 N–H and O–H groups in total. The van der Waals surface area contributed by atoms with Crippen molar-refractivity contribution in [3.63, 3.8) is 0 Å². The molecule has 0 aliphatic rings. The third-order valence-electron chi connectivity index (χ3n) is 6.81. The zero-order valence-corrected chi connectivity index (χ0v) is 18.4. The number of hydrogen-bond donors (Lipinski definition) is 0. The Morgan fingerprint density at radius 2 is 0.912 bits per heavy atom. The lowest BCUT2D eigenvalue weighted by atomic mass is 9.85. The van der Waals surface area contributed by atoms with E-state index in [1.54, 1.807) is 0 Å². The molecular formula is C32H20N2. The molecule has 0 spiro atoms. The van der Waals surface area contributed by atoms with Crippen molar-refractivity contribution in [3.05, 3.63) is 122 Å². The molecule has 7 rings (SSSR count). The molecule has 2 heteroatoms. The van der Waals surface area contributed by atoms with Gasteiger partial charge < -0.3 is 0 Å². The minimum Gasteiger partial charge on any atom is -0.265 e. The van der Waals surface area contributed by atoms with Crippen LogP contribution in [0.25, 0.3) is 65.7 Å². The SMILES string of the molecule is c1ccc(-c2cc3ccc4c(-c5ccncc5)cc(-c5ccncc5)c5ccc(c2)c3c45)cc1. The first-order valence-corrected chi connectivity index (χ1v) is 11.5. The molecule has 5 aromatic carbocycles. The molecule has 0 aliphatic heterocycles. The summed E-state index contributed by atoms with van der Waals surface area (Å²) >= 11 is 0. The van der Waals surface area contributed by atoms with E-state index in [2.05, 4.69) is 107 Å². The highest BCUT2D eigenvalue weighted by atomic mass is 14.6. The van der Waals surface area contributed by atoms with E-state index in [-0.39, 0.29) is 0 Å². The minimum absolute atomic E-state index is 1.17. The van der Waals surface area contributed by atoms with Crippen molar-refractivity contribution in [1.82, 2.24) is 9.97 Å². The van der Waals surface area contributed by atoms with E-state index in [0.717, 1.165) is 0 Å². The van der Waals surface area contributed by atoms with Gasteiger partial charge in [-0.1, -0.05) is 54.6 Å². The van der Waals surface area contributed by atoms with Crippen LogP contribution < -0.4 is 0 Å². The van der Waals surface area contributed by atoms with Crippen LogP contribution in [0.2, 0.25) is 0 Å². The maximum atomic E-state index is 4.24. The first-order valence-electron chi connectivity index (χ1n) is 11.5. The molecule has 0 atom stereocenters. The van der Waals surface area contributed by atoms with Crippen LogP contribution in [0.4, 0.5) is 0 Å². The van der Waals surface area contributed by atoms with Gasteiger partial charge in [0.1, 0.15) is 0 Å². The number of hydrogen-bond acceptors (Lipinski definition) is 2. The molecule has 0 fully saturated rings. The molecule has 0 saturated carbocycles. The normalized spacial score (nSPS) is 11.5. The van der Waals surface area contributed by atoms with Gasteiger partial charge in [-0.05, 0) is 108 Å².